The van der Waals surface area contributed by atoms with Crippen LogP contribution in [0.15, 0.2) is 101 Å². The minimum Gasteiger partial charge on any atom is -0.351 e. The first-order valence-electron chi connectivity index (χ1n) is 12.8. The number of nitrogens with one attached hydrogen (secondary N) is 1. The zero-order valence-electron chi connectivity index (χ0n) is 20.6. The molecule has 1 aliphatic heterocycles. The fraction of sp³-hybridized carbons (Fsp3) is 0.241. The van der Waals surface area contributed by atoms with Crippen LogP contribution in [0.4, 0.5) is 11.4 Å². The van der Waals surface area contributed by atoms with Crippen molar-refractivity contribution in [2.75, 3.05) is 4.90 Å². The zero-order chi connectivity index (χ0) is 26.1. The molecule has 2 aromatic heterocycles. The first kappa shape index (κ1) is 24.6. The highest BCUT2D eigenvalue weighted by Crippen LogP contribution is 2.43. The molecule has 38 heavy (non-hydrogen) atoms. The smallest absolute Gasteiger partial charge is 0.269 e. The van der Waals surface area contributed by atoms with E-state index in [1.165, 1.54) is 43.4 Å². The van der Waals surface area contributed by atoms with Crippen LogP contribution in [0, 0.1) is 10.1 Å². The van der Waals surface area contributed by atoms with E-state index in [4.69, 9.17) is 12.2 Å². The third-order valence-electron chi connectivity index (χ3n) is 7.32. The van der Waals surface area contributed by atoms with Crippen molar-refractivity contribution in [2.24, 2.45) is 0 Å². The molecule has 2 aromatic carbocycles. The van der Waals surface area contributed by atoms with Gasteiger partial charge >= 0.3 is 0 Å². The van der Waals surface area contributed by atoms with E-state index in [-0.39, 0.29) is 22.7 Å². The maximum atomic E-state index is 10.9. The van der Waals surface area contributed by atoms with Crippen LogP contribution in [0.2, 0.25) is 0 Å². The SMILES string of the molecule is O=[N+]([O-])c1ccc(Sc2ccc(N3C(=S)N[C@H](c4ccccn4)[C@@H]3c3ccn(C4CCCC4)c3)cc2)cc1. The zero-order valence-corrected chi connectivity index (χ0v) is 22.3. The summed E-state index contributed by atoms with van der Waals surface area (Å²) >= 11 is 7.45. The average molecular weight is 542 g/mol. The third kappa shape index (κ3) is 4.91. The molecule has 0 amide bonds. The van der Waals surface area contributed by atoms with Crippen LogP contribution >= 0.6 is 24.0 Å². The molecule has 1 N–H and O–H groups in total. The van der Waals surface area contributed by atoms with Gasteiger partial charge < -0.3 is 14.8 Å². The number of non-ortho nitro benzene ring substituents is 1. The number of nitrogens with zero attached hydrogens (tertiary/aromatic N) is 4. The normalized spacial score (nSPS) is 19.6. The third-order valence-corrected chi connectivity index (χ3v) is 8.65. The number of aromatic nitrogens is 2. The maximum absolute atomic E-state index is 10.9. The molecule has 7 nitrogen and oxygen atoms in total. The Morgan fingerprint density at radius 3 is 2.34 bits per heavy atom. The van der Waals surface area contributed by atoms with Gasteiger partial charge in [0.15, 0.2) is 5.11 Å². The van der Waals surface area contributed by atoms with E-state index >= 15 is 0 Å². The minimum absolute atomic E-state index is 0.0340. The molecule has 2 fully saturated rings. The number of thiocarbonyl (C=S) groups is 1. The number of pyridine rings is 1. The van der Waals surface area contributed by atoms with Gasteiger partial charge in [0.1, 0.15) is 0 Å². The lowest BCUT2D eigenvalue weighted by atomic mass is 9.98. The average Bonchev–Trinajstić information content (AvgIpc) is 3.70. The second-order valence-corrected chi connectivity index (χ2v) is 11.2. The summed E-state index contributed by atoms with van der Waals surface area (Å²) in [4.78, 5) is 19.4. The van der Waals surface area contributed by atoms with E-state index in [0.717, 1.165) is 21.2 Å². The molecule has 0 unspecified atom stereocenters. The van der Waals surface area contributed by atoms with Gasteiger partial charge in [0, 0.05) is 52.2 Å². The number of nitro benzene ring substituents is 1. The Morgan fingerprint density at radius 1 is 0.974 bits per heavy atom. The van der Waals surface area contributed by atoms with Crippen molar-refractivity contribution < 1.29 is 4.92 Å². The van der Waals surface area contributed by atoms with E-state index in [9.17, 15) is 10.1 Å². The molecule has 1 saturated heterocycles. The standard InChI is InChI=1S/C29H27N5O2S2/c35-34(36)23-10-14-25(15-11-23)38-24-12-8-22(9-13-24)33-28(20-16-18-32(19-20)21-5-1-2-6-21)27(31-29(33)37)26-7-3-4-17-30-26/h3-4,7-19,21,27-28H,1-2,5-6H2,(H,31,37)/t27-,28+/m1/s1. The largest absolute Gasteiger partial charge is 0.351 e. The van der Waals surface area contributed by atoms with Gasteiger partial charge in [-0.1, -0.05) is 30.7 Å². The van der Waals surface area contributed by atoms with Gasteiger partial charge in [-0.05, 0) is 85.2 Å². The molecular weight excluding hydrogens is 514 g/mol. The number of benzene rings is 2. The number of nitro groups is 1. The van der Waals surface area contributed by atoms with E-state index in [1.807, 2.05) is 18.3 Å². The number of anilines is 1. The predicted molar refractivity (Wildman–Crippen MR) is 154 cm³/mol. The number of hydrogen-bond donors (Lipinski definition) is 1. The van der Waals surface area contributed by atoms with Crippen molar-refractivity contribution in [3.05, 3.63) is 113 Å². The Bertz CT molecular complexity index is 1430. The molecule has 0 bridgehead atoms. The summed E-state index contributed by atoms with van der Waals surface area (Å²) in [6, 6.07) is 23.6. The lowest BCUT2D eigenvalue weighted by Crippen LogP contribution is -2.29. The van der Waals surface area contributed by atoms with Crippen molar-refractivity contribution in [3.63, 3.8) is 0 Å². The van der Waals surface area contributed by atoms with Crippen LogP contribution in [0.1, 0.15) is 55.1 Å². The highest BCUT2D eigenvalue weighted by molar-refractivity contribution is 7.99. The molecule has 2 aliphatic rings. The molecule has 2 atom stereocenters. The van der Waals surface area contributed by atoms with Gasteiger partial charge in [0.05, 0.1) is 22.7 Å². The maximum Gasteiger partial charge on any atom is 0.269 e. The molecular formula is C29H27N5O2S2. The summed E-state index contributed by atoms with van der Waals surface area (Å²) in [7, 11) is 0. The number of rotatable bonds is 7. The lowest BCUT2D eigenvalue weighted by Gasteiger charge is -2.27. The van der Waals surface area contributed by atoms with Gasteiger partial charge in [0.2, 0.25) is 0 Å². The fourth-order valence-electron chi connectivity index (χ4n) is 5.45. The Hall–Kier alpha value is -3.69. The molecule has 1 saturated carbocycles. The van der Waals surface area contributed by atoms with Crippen molar-refractivity contribution in [1.82, 2.24) is 14.9 Å². The summed E-state index contributed by atoms with van der Waals surface area (Å²) in [5.74, 6) is 0. The summed E-state index contributed by atoms with van der Waals surface area (Å²) in [6.45, 7) is 0. The van der Waals surface area contributed by atoms with Gasteiger partial charge in [-0.15, -0.1) is 0 Å². The Balaban J connectivity index is 1.29. The van der Waals surface area contributed by atoms with E-state index < -0.39 is 0 Å². The first-order valence-corrected chi connectivity index (χ1v) is 14.0. The predicted octanol–water partition coefficient (Wildman–Crippen LogP) is 7.23. The van der Waals surface area contributed by atoms with Crippen LogP contribution in [-0.2, 0) is 0 Å². The first-order chi connectivity index (χ1) is 18.6. The quantitative estimate of drug-likeness (QED) is 0.150. The van der Waals surface area contributed by atoms with Crippen molar-refractivity contribution in [3.8, 4) is 0 Å². The summed E-state index contributed by atoms with van der Waals surface area (Å²) in [6.07, 6.45) is 11.4. The molecule has 0 radical (unpaired) electrons. The van der Waals surface area contributed by atoms with Crippen LogP contribution in [-0.4, -0.2) is 19.6 Å². The minimum atomic E-state index is -0.382. The summed E-state index contributed by atoms with van der Waals surface area (Å²) in [5, 5.41) is 15.2. The molecule has 1 aliphatic carbocycles. The van der Waals surface area contributed by atoms with Crippen molar-refractivity contribution >= 4 is 40.5 Å². The Kier molecular flexibility index (Phi) is 6.86. The van der Waals surface area contributed by atoms with Gasteiger partial charge in [-0.25, -0.2) is 0 Å². The van der Waals surface area contributed by atoms with Crippen LogP contribution in [0.3, 0.4) is 0 Å². The van der Waals surface area contributed by atoms with Crippen molar-refractivity contribution in [1.29, 1.82) is 0 Å². The van der Waals surface area contributed by atoms with Crippen LogP contribution < -0.4 is 10.2 Å². The molecule has 4 aromatic rings. The van der Waals surface area contributed by atoms with E-state index in [2.05, 4.69) is 68.6 Å². The topological polar surface area (TPSA) is 76.2 Å². The van der Waals surface area contributed by atoms with Gasteiger partial charge in [-0.2, -0.15) is 0 Å². The number of hydrogen-bond acceptors (Lipinski definition) is 5. The summed E-state index contributed by atoms with van der Waals surface area (Å²) < 4.78 is 2.38. The Labute approximate surface area is 231 Å². The highest BCUT2D eigenvalue weighted by atomic mass is 32.2. The molecule has 192 valence electrons. The van der Waals surface area contributed by atoms with Crippen LogP contribution in [0.25, 0.3) is 0 Å². The molecule has 9 heteroatoms. The van der Waals surface area contributed by atoms with E-state index in [1.54, 1.807) is 23.9 Å². The monoisotopic (exact) mass is 541 g/mol. The van der Waals surface area contributed by atoms with Crippen molar-refractivity contribution in [2.45, 2.75) is 53.6 Å². The molecule has 6 rings (SSSR count). The molecule has 3 heterocycles. The summed E-state index contributed by atoms with van der Waals surface area (Å²) in [5.41, 5.74) is 3.27. The second-order valence-electron chi connectivity index (χ2n) is 9.67. The highest BCUT2D eigenvalue weighted by Gasteiger charge is 2.41. The van der Waals surface area contributed by atoms with Crippen LogP contribution in [0.5, 0.6) is 0 Å². The lowest BCUT2D eigenvalue weighted by molar-refractivity contribution is -0.384. The Morgan fingerprint density at radius 2 is 1.68 bits per heavy atom. The molecule has 0 spiro atoms. The van der Waals surface area contributed by atoms with Gasteiger partial charge in [-0.3, -0.25) is 15.1 Å². The fourth-order valence-corrected chi connectivity index (χ4v) is 6.62. The second kappa shape index (κ2) is 10.6. The van der Waals surface area contributed by atoms with E-state index in [0.29, 0.717) is 11.2 Å². The van der Waals surface area contributed by atoms with Gasteiger partial charge in [0.25, 0.3) is 5.69 Å².